The average molecular weight is 379 g/mol. The summed E-state index contributed by atoms with van der Waals surface area (Å²) in [5, 5.41) is 14.1. The number of aromatic nitrogens is 4. The van der Waals surface area contributed by atoms with Crippen molar-refractivity contribution in [3.05, 3.63) is 74.6 Å². The minimum Gasteiger partial charge on any atom is -0.423 e. The fraction of sp³-hybridized carbons (Fsp3) is 0.200. The second kappa shape index (κ2) is 6.32. The third-order valence-electron chi connectivity index (χ3n) is 4.92. The van der Waals surface area contributed by atoms with Crippen LogP contribution in [0.5, 0.6) is 0 Å². The van der Waals surface area contributed by atoms with E-state index in [1.165, 1.54) is 22.0 Å². The number of fused-ring (bicyclic) bond motifs is 2. The van der Waals surface area contributed by atoms with Crippen LogP contribution in [-0.2, 0) is 19.4 Å². The molecular formula is C20H15ClN4O2. The van der Waals surface area contributed by atoms with Crippen molar-refractivity contribution >= 4 is 22.6 Å². The van der Waals surface area contributed by atoms with Gasteiger partial charge in [-0.05, 0) is 65.4 Å². The molecule has 4 aromatic rings. The lowest BCUT2D eigenvalue weighted by atomic mass is 10.0. The van der Waals surface area contributed by atoms with E-state index in [1.807, 2.05) is 24.3 Å². The van der Waals surface area contributed by atoms with Gasteiger partial charge in [0.1, 0.15) is 5.58 Å². The number of hydrogen-bond donors (Lipinski definition) is 0. The summed E-state index contributed by atoms with van der Waals surface area (Å²) < 4.78 is 5.42. The number of benzene rings is 2. The molecule has 0 bridgehead atoms. The van der Waals surface area contributed by atoms with Gasteiger partial charge in [-0.2, -0.15) is 4.80 Å². The third kappa shape index (κ3) is 2.92. The Balaban J connectivity index is 1.56. The van der Waals surface area contributed by atoms with Crippen LogP contribution in [-0.4, -0.2) is 20.2 Å². The van der Waals surface area contributed by atoms with Gasteiger partial charge in [-0.15, -0.1) is 10.2 Å². The molecule has 0 amide bonds. The van der Waals surface area contributed by atoms with Gasteiger partial charge in [-0.3, -0.25) is 0 Å². The SMILES string of the molecule is O=c1cc(Cn2nnc(-c3ccccc3Cl)n2)c2cc3c(cc2o1)CCC3. The van der Waals surface area contributed by atoms with E-state index in [4.69, 9.17) is 16.0 Å². The monoisotopic (exact) mass is 378 g/mol. The molecule has 134 valence electrons. The lowest BCUT2D eigenvalue weighted by Crippen LogP contribution is -2.08. The van der Waals surface area contributed by atoms with Gasteiger partial charge in [0.15, 0.2) is 0 Å². The molecule has 0 saturated heterocycles. The number of hydrogen-bond acceptors (Lipinski definition) is 5. The second-order valence-corrected chi connectivity index (χ2v) is 7.09. The quantitative estimate of drug-likeness (QED) is 0.509. The van der Waals surface area contributed by atoms with E-state index in [1.54, 1.807) is 6.07 Å². The van der Waals surface area contributed by atoms with E-state index in [0.717, 1.165) is 35.8 Å². The van der Waals surface area contributed by atoms with Gasteiger partial charge in [0.25, 0.3) is 0 Å². The molecule has 1 aliphatic carbocycles. The van der Waals surface area contributed by atoms with Crippen molar-refractivity contribution in [1.82, 2.24) is 20.2 Å². The number of rotatable bonds is 3. The van der Waals surface area contributed by atoms with Crippen molar-refractivity contribution in [2.75, 3.05) is 0 Å². The Morgan fingerprint density at radius 1 is 1.11 bits per heavy atom. The summed E-state index contributed by atoms with van der Waals surface area (Å²) >= 11 is 6.21. The zero-order chi connectivity index (χ0) is 18.4. The lowest BCUT2D eigenvalue weighted by Gasteiger charge is -2.07. The molecule has 1 aliphatic rings. The summed E-state index contributed by atoms with van der Waals surface area (Å²) in [4.78, 5) is 13.5. The molecule has 2 aromatic carbocycles. The highest BCUT2D eigenvalue weighted by atomic mass is 35.5. The summed E-state index contributed by atoms with van der Waals surface area (Å²) in [6.45, 7) is 0.332. The maximum atomic E-state index is 12.0. The molecule has 0 N–H and O–H groups in total. The Bertz CT molecular complexity index is 1230. The lowest BCUT2D eigenvalue weighted by molar-refractivity contribution is 0.545. The van der Waals surface area contributed by atoms with Crippen LogP contribution < -0.4 is 5.63 Å². The van der Waals surface area contributed by atoms with Gasteiger partial charge in [0, 0.05) is 17.0 Å². The van der Waals surface area contributed by atoms with Crippen LogP contribution >= 0.6 is 11.6 Å². The predicted octanol–water partition coefficient (Wildman–Crippen LogP) is 3.64. The van der Waals surface area contributed by atoms with Crippen molar-refractivity contribution in [2.24, 2.45) is 0 Å². The van der Waals surface area contributed by atoms with Crippen molar-refractivity contribution < 1.29 is 4.42 Å². The topological polar surface area (TPSA) is 73.8 Å². The Morgan fingerprint density at radius 2 is 1.93 bits per heavy atom. The Morgan fingerprint density at radius 3 is 2.78 bits per heavy atom. The molecule has 5 rings (SSSR count). The number of halogens is 1. The number of tetrazole rings is 1. The molecule has 0 atom stereocenters. The summed E-state index contributed by atoms with van der Waals surface area (Å²) in [6, 6.07) is 13.0. The Labute approximate surface area is 159 Å². The molecule has 0 fully saturated rings. The molecule has 7 heteroatoms. The van der Waals surface area contributed by atoms with Gasteiger partial charge in [0.05, 0.1) is 11.6 Å². The standard InChI is InChI=1S/C20H15ClN4O2/c21-17-7-2-1-6-15(17)20-22-24-25(23-20)11-14-10-19(26)27-18-9-13-5-3-4-12(13)8-16(14)18/h1-2,6-10H,3-5,11H2. The minimum atomic E-state index is -0.373. The Hall–Kier alpha value is -2.99. The summed E-state index contributed by atoms with van der Waals surface area (Å²) in [7, 11) is 0. The molecule has 2 aromatic heterocycles. The van der Waals surface area contributed by atoms with Crippen LogP contribution in [0.4, 0.5) is 0 Å². The zero-order valence-corrected chi connectivity index (χ0v) is 15.1. The van der Waals surface area contributed by atoms with E-state index >= 15 is 0 Å². The molecule has 2 heterocycles. The normalized spacial score (nSPS) is 13.2. The third-order valence-corrected chi connectivity index (χ3v) is 5.25. The molecule has 0 radical (unpaired) electrons. The van der Waals surface area contributed by atoms with Crippen LogP contribution in [0.25, 0.3) is 22.4 Å². The van der Waals surface area contributed by atoms with Gasteiger partial charge in [-0.1, -0.05) is 23.7 Å². The molecule has 0 saturated carbocycles. The first-order valence-electron chi connectivity index (χ1n) is 8.78. The predicted molar refractivity (Wildman–Crippen MR) is 102 cm³/mol. The summed E-state index contributed by atoms with van der Waals surface area (Å²) in [5.74, 6) is 0.453. The van der Waals surface area contributed by atoms with Crippen LogP contribution in [0, 0.1) is 0 Å². The van der Waals surface area contributed by atoms with E-state index in [-0.39, 0.29) is 5.63 Å². The van der Waals surface area contributed by atoms with Gasteiger partial charge in [-0.25, -0.2) is 4.79 Å². The molecule has 27 heavy (non-hydrogen) atoms. The average Bonchev–Trinajstić information content (AvgIpc) is 3.29. The van der Waals surface area contributed by atoms with Crippen LogP contribution in [0.1, 0.15) is 23.1 Å². The fourth-order valence-electron chi connectivity index (χ4n) is 3.64. The fourth-order valence-corrected chi connectivity index (χ4v) is 3.86. The highest BCUT2D eigenvalue weighted by molar-refractivity contribution is 6.33. The maximum absolute atomic E-state index is 12.0. The minimum absolute atomic E-state index is 0.332. The first-order valence-corrected chi connectivity index (χ1v) is 9.16. The van der Waals surface area contributed by atoms with Gasteiger partial charge in [0.2, 0.25) is 5.82 Å². The molecule has 6 nitrogen and oxygen atoms in total. The van der Waals surface area contributed by atoms with Crippen molar-refractivity contribution in [1.29, 1.82) is 0 Å². The largest absolute Gasteiger partial charge is 0.423 e. The molecule has 0 aliphatic heterocycles. The van der Waals surface area contributed by atoms with E-state index in [9.17, 15) is 4.79 Å². The second-order valence-electron chi connectivity index (χ2n) is 6.68. The first kappa shape index (κ1) is 16.2. The Kier molecular flexibility index (Phi) is 3.79. The van der Waals surface area contributed by atoms with Crippen LogP contribution in [0.15, 0.2) is 51.7 Å². The van der Waals surface area contributed by atoms with Crippen LogP contribution in [0.2, 0.25) is 5.02 Å². The van der Waals surface area contributed by atoms with Crippen LogP contribution in [0.3, 0.4) is 0 Å². The summed E-state index contributed by atoms with van der Waals surface area (Å²) in [6.07, 6.45) is 3.23. The highest BCUT2D eigenvalue weighted by Crippen LogP contribution is 2.29. The first-order chi connectivity index (χ1) is 13.2. The summed E-state index contributed by atoms with van der Waals surface area (Å²) in [5.41, 5.74) is 4.37. The van der Waals surface area contributed by atoms with E-state index in [2.05, 4.69) is 21.5 Å². The van der Waals surface area contributed by atoms with Crippen molar-refractivity contribution in [3.8, 4) is 11.4 Å². The molecule has 0 unspecified atom stereocenters. The number of nitrogens with zero attached hydrogens (tertiary/aromatic N) is 4. The van der Waals surface area contributed by atoms with Crippen molar-refractivity contribution in [2.45, 2.75) is 25.8 Å². The highest BCUT2D eigenvalue weighted by Gasteiger charge is 2.16. The molecule has 0 spiro atoms. The smallest absolute Gasteiger partial charge is 0.336 e. The zero-order valence-electron chi connectivity index (χ0n) is 14.4. The van der Waals surface area contributed by atoms with Crippen molar-refractivity contribution in [3.63, 3.8) is 0 Å². The van der Waals surface area contributed by atoms with E-state index in [0.29, 0.717) is 23.0 Å². The maximum Gasteiger partial charge on any atom is 0.336 e. The van der Waals surface area contributed by atoms with Gasteiger partial charge >= 0.3 is 5.63 Å². The van der Waals surface area contributed by atoms with Gasteiger partial charge < -0.3 is 4.42 Å². The van der Waals surface area contributed by atoms with E-state index < -0.39 is 0 Å². The molecular weight excluding hydrogens is 364 g/mol. The number of aryl methyl sites for hydroxylation is 2.